The highest BCUT2D eigenvalue weighted by atomic mass is 32.2. The molecule has 2 aromatic carbocycles. The molecule has 0 N–H and O–H groups in total. The molecule has 1 fully saturated rings. The van der Waals surface area contributed by atoms with E-state index in [2.05, 4.69) is 5.10 Å². The molecule has 1 amide bonds. The van der Waals surface area contributed by atoms with Crippen LogP contribution in [0.2, 0.25) is 0 Å². The minimum atomic E-state index is -4.54. The number of halogens is 3. The summed E-state index contributed by atoms with van der Waals surface area (Å²) in [5.74, 6) is -0.144. The second-order valence-electron chi connectivity index (χ2n) is 7.61. The zero-order chi connectivity index (χ0) is 23.6. The summed E-state index contributed by atoms with van der Waals surface area (Å²) in [7, 11) is -3.94. The maximum absolute atomic E-state index is 12.8. The Morgan fingerprint density at radius 3 is 2.18 bits per heavy atom. The van der Waals surface area contributed by atoms with E-state index in [1.807, 2.05) is 30.3 Å². The summed E-state index contributed by atoms with van der Waals surface area (Å²) in [4.78, 5) is 14.1. The van der Waals surface area contributed by atoms with Gasteiger partial charge in [0.2, 0.25) is 15.9 Å². The number of hydrogen-bond acceptors (Lipinski definition) is 4. The van der Waals surface area contributed by atoms with Crippen LogP contribution in [0.1, 0.15) is 11.1 Å². The summed E-state index contributed by atoms with van der Waals surface area (Å²) in [5.41, 5.74) is 0.703. The zero-order valence-corrected chi connectivity index (χ0v) is 18.3. The lowest BCUT2D eigenvalue weighted by Crippen LogP contribution is -2.50. The summed E-state index contributed by atoms with van der Waals surface area (Å²) in [5, 5.41) is 4.27. The minimum absolute atomic E-state index is 0.0678. The molecular weight excluding hydrogens is 457 g/mol. The summed E-state index contributed by atoms with van der Waals surface area (Å²) in [6.45, 7) is 0.536. The quantitative estimate of drug-likeness (QED) is 0.565. The number of piperazine rings is 1. The molecule has 0 unspecified atom stereocenters. The lowest BCUT2D eigenvalue weighted by atomic mass is 10.2. The van der Waals surface area contributed by atoms with Gasteiger partial charge in [-0.1, -0.05) is 18.2 Å². The van der Waals surface area contributed by atoms with Crippen molar-refractivity contribution >= 4 is 15.9 Å². The van der Waals surface area contributed by atoms with E-state index in [1.54, 1.807) is 22.0 Å². The third-order valence-corrected chi connectivity index (χ3v) is 7.34. The Labute approximate surface area is 189 Å². The number of nitrogens with zero attached hydrogens (tertiary/aromatic N) is 4. The van der Waals surface area contributed by atoms with Crippen LogP contribution in [0, 0.1) is 0 Å². The number of alkyl halides is 3. The number of amides is 1. The number of aromatic nitrogens is 2. The van der Waals surface area contributed by atoms with E-state index in [0.29, 0.717) is 0 Å². The SMILES string of the molecule is O=C(Cc1cnn(-c2ccccc2)c1)N1CCN(S(=O)(=O)c2ccc(C(F)(F)F)cc2)CC1. The van der Waals surface area contributed by atoms with Crippen molar-refractivity contribution < 1.29 is 26.4 Å². The number of carbonyl (C=O) groups is 1. The summed E-state index contributed by atoms with van der Waals surface area (Å²) in [6.07, 6.45) is -1.00. The normalized spacial score (nSPS) is 15.5. The second kappa shape index (κ2) is 8.99. The fourth-order valence-electron chi connectivity index (χ4n) is 3.60. The maximum atomic E-state index is 12.8. The van der Waals surface area contributed by atoms with Crippen LogP contribution in [-0.2, 0) is 27.4 Å². The summed E-state index contributed by atoms with van der Waals surface area (Å²) < 4.78 is 66.6. The Hall–Kier alpha value is -3.18. The van der Waals surface area contributed by atoms with Gasteiger partial charge in [-0.15, -0.1) is 0 Å². The highest BCUT2D eigenvalue weighted by Crippen LogP contribution is 2.30. The Bertz CT molecular complexity index is 1220. The fourth-order valence-corrected chi connectivity index (χ4v) is 5.02. The Balaban J connectivity index is 1.35. The molecule has 4 rings (SSSR count). The lowest BCUT2D eigenvalue weighted by Gasteiger charge is -2.34. The number of sulfonamides is 1. The molecule has 0 spiro atoms. The molecular formula is C22H21F3N4O3S. The third kappa shape index (κ3) is 5.09. The van der Waals surface area contributed by atoms with Crippen molar-refractivity contribution in [2.24, 2.45) is 0 Å². The van der Waals surface area contributed by atoms with Gasteiger partial charge in [0.05, 0.1) is 28.8 Å². The lowest BCUT2D eigenvalue weighted by molar-refractivity contribution is -0.137. The van der Waals surface area contributed by atoms with E-state index >= 15 is 0 Å². The third-order valence-electron chi connectivity index (χ3n) is 5.42. The fraction of sp³-hybridized carbons (Fsp3) is 0.273. The highest BCUT2D eigenvalue weighted by Gasteiger charge is 2.33. The van der Waals surface area contributed by atoms with Gasteiger partial charge in [0.25, 0.3) is 0 Å². The molecule has 0 saturated carbocycles. The Morgan fingerprint density at radius 2 is 1.58 bits per heavy atom. The van der Waals surface area contributed by atoms with E-state index in [-0.39, 0.29) is 43.4 Å². The smallest absolute Gasteiger partial charge is 0.340 e. The van der Waals surface area contributed by atoms with Gasteiger partial charge in [-0.05, 0) is 42.0 Å². The molecule has 7 nitrogen and oxygen atoms in total. The predicted octanol–water partition coefficient (Wildman–Crippen LogP) is 2.97. The largest absolute Gasteiger partial charge is 0.416 e. The second-order valence-corrected chi connectivity index (χ2v) is 9.55. The number of benzene rings is 2. The molecule has 1 aliphatic rings. The first-order valence-electron chi connectivity index (χ1n) is 10.2. The van der Waals surface area contributed by atoms with Gasteiger partial charge in [0, 0.05) is 32.4 Å². The van der Waals surface area contributed by atoms with Gasteiger partial charge >= 0.3 is 6.18 Å². The number of carbonyl (C=O) groups excluding carboxylic acids is 1. The first-order valence-corrected chi connectivity index (χ1v) is 11.6. The highest BCUT2D eigenvalue weighted by molar-refractivity contribution is 7.89. The molecule has 174 valence electrons. The predicted molar refractivity (Wildman–Crippen MR) is 114 cm³/mol. The van der Waals surface area contributed by atoms with Crippen LogP contribution in [0.15, 0.2) is 71.9 Å². The van der Waals surface area contributed by atoms with E-state index in [4.69, 9.17) is 0 Å². The standard InChI is InChI=1S/C22H21F3N4O3S/c23-22(24,25)18-6-8-20(9-7-18)33(31,32)28-12-10-27(11-13-28)21(30)14-17-15-26-29(16-17)19-4-2-1-3-5-19/h1-9,15-16H,10-14H2. The van der Waals surface area contributed by atoms with Gasteiger partial charge < -0.3 is 4.90 Å². The van der Waals surface area contributed by atoms with Crippen molar-refractivity contribution in [3.8, 4) is 5.69 Å². The Morgan fingerprint density at radius 1 is 0.939 bits per heavy atom. The van der Waals surface area contributed by atoms with Crippen LogP contribution in [0.5, 0.6) is 0 Å². The molecule has 0 bridgehead atoms. The van der Waals surface area contributed by atoms with Gasteiger partial charge in [-0.3, -0.25) is 4.79 Å². The Kier molecular flexibility index (Phi) is 6.26. The summed E-state index contributed by atoms with van der Waals surface area (Å²) in [6, 6.07) is 12.9. The van der Waals surface area contributed by atoms with Crippen LogP contribution in [-0.4, -0.2) is 59.5 Å². The van der Waals surface area contributed by atoms with Crippen molar-refractivity contribution in [3.05, 3.63) is 78.1 Å². The summed E-state index contributed by atoms with van der Waals surface area (Å²) >= 11 is 0. The van der Waals surface area contributed by atoms with Gasteiger partial charge in [-0.2, -0.15) is 22.6 Å². The maximum Gasteiger partial charge on any atom is 0.416 e. The average Bonchev–Trinajstić information content (AvgIpc) is 3.28. The molecule has 1 aromatic heterocycles. The van der Waals surface area contributed by atoms with Gasteiger partial charge in [0.1, 0.15) is 0 Å². The molecule has 11 heteroatoms. The molecule has 1 saturated heterocycles. The van der Waals surface area contributed by atoms with Crippen LogP contribution in [0.3, 0.4) is 0 Å². The van der Waals surface area contributed by atoms with Crippen LogP contribution < -0.4 is 0 Å². The number of hydrogen-bond donors (Lipinski definition) is 0. The van der Waals surface area contributed by atoms with Crippen molar-refractivity contribution in [1.29, 1.82) is 0 Å². The van der Waals surface area contributed by atoms with Crippen LogP contribution in [0.4, 0.5) is 13.2 Å². The van der Waals surface area contributed by atoms with Crippen molar-refractivity contribution in [3.63, 3.8) is 0 Å². The average molecular weight is 478 g/mol. The van der Waals surface area contributed by atoms with Crippen LogP contribution >= 0.6 is 0 Å². The molecule has 1 aliphatic heterocycles. The van der Waals surface area contributed by atoms with Gasteiger partial charge in [-0.25, -0.2) is 13.1 Å². The first kappa shape index (κ1) is 23.0. The van der Waals surface area contributed by atoms with E-state index in [9.17, 15) is 26.4 Å². The molecule has 0 radical (unpaired) electrons. The molecule has 2 heterocycles. The van der Waals surface area contributed by atoms with E-state index in [1.165, 1.54) is 4.31 Å². The molecule has 0 atom stereocenters. The minimum Gasteiger partial charge on any atom is -0.340 e. The van der Waals surface area contributed by atoms with Gasteiger partial charge in [0.15, 0.2) is 0 Å². The molecule has 0 aliphatic carbocycles. The van der Waals surface area contributed by atoms with Crippen molar-refractivity contribution in [2.45, 2.75) is 17.5 Å². The van der Waals surface area contributed by atoms with Crippen molar-refractivity contribution in [2.75, 3.05) is 26.2 Å². The molecule has 33 heavy (non-hydrogen) atoms. The van der Waals surface area contributed by atoms with E-state index in [0.717, 1.165) is 35.5 Å². The zero-order valence-electron chi connectivity index (χ0n) is 17.4. The first-order chi connectivity index (χ1) is 15.6. The van der Waals surface area contributed by atoms with Crippen LogP contribution in [0.25, 0.3) is 5.69 Å². The monoisotopic (exact) mass is 478 g/mol. The van der Waals surface area contributed by atoms with Crippen molar-refractivity contribution in [1.82, 2.24) is 19.0 Å². The number of rotatable bonds is 5. The topological polar surface area (TPSA) is 75.5 Å². The van der Waals surface area contributed by atoms with E-state index < -0.39 is 21.8 Å². The molecule has 3 aromatic rings. The number of para-hydroxylation sites is 1.